The average molecular weight is 312 g/mol. The second kappa shape index (κ2) is 6.77. The van der Waals surface area contributed by atoms with Gasteiger partial charge in [-0.1, -0.05) is 13.3 Å². The van der Waals surface area contributed by atoms with E-state index in [1.165, 1.54) is 0 Å². The van der Waals surface area contributed by atoms with Crippen molar-refractivity contribution in [1.82, 2.24) is 4.72 Å². The lowest BCUT2D eigenvalue weighted by Crippen LogP contribution is -2.36. The summed E-state index contributed by atoms with van der Waals surface area (Å²) in [6.45, 7) is 2.49. The molecular formula is C15H24N2O3S. The summed E-state index contributed by atoms with van der Waals surface area (Å²) in [5.41, 5.74) is 6.30. The summed E-state index contributed by atoms with van der Waals surface area (Å²) in [7, 11) is -1.95. The van der Waals surface area contributed by atoms with E-state index in [0.717, 1.165) is 19.3 Å². The minimum Gasteiger partial charge on any atom is -0.497 e. The minimum absolute atomic E-state index is 0.0304. The zero-order valence-corrected chi connectivity index (χ0v) is 13.4. The van der Waals surface area contributed by atoms with Crippen molar-refractivity contribution in [2.45, 2.75) is 43.5 Å². The van der Waals surface area contributed by atoms with E-state index in [0.29, 0.717) is 35.1 Å². The summed E-state index contributed by atoms with van der Waals surface area (Å²) in [5, 5.41) is 0. The maximum atomic E-state index is 12.6. The third-order valence-electron chi connectivity index (χ3n) is 4.14. The second-order valence-corrected chi connectivity index (χ2v) is 7.33. The molecule has 1 aromatic carbocycles. The van der Waals surface area contributed by atoms with E-state index in [1.807, 2.05) is 0 Å². The van der Waals surface area contributed by atoms with E-state index >= 15 is 0 Å². The predicted molar refractivity (Wildman–Crippen MR) is 82.9 cm³/mol. The monoisotopic (exact) mass is 312 g/mol. The van der Waals surface area contributed by atoms with Crippen LogP contribution in [0.15, 0.2) is 23.1 Å². The Morgan fingerprint density at radius 3 is 2.71 bits per heavy atom. The van der Waals surface area contributed by atoms with Crippen molar-refractivity contribution in [3.8, 4) is 5.75 Å². The third kappa shape index (κ3) is 3.75. The van der Waals surface area contributed by atoms with Crippen LogP contribution in [0.25, 0.3) is 0 Å². The lowest BCUT2D eigenvalue weighted by atomic mass is 10.1. The molecule has 5 nitrogen and oxygen atoms in total. The number of nitrogens with two attached hydrogens (primary N) is 1. The molecule has 0 spiro atoms. The van der Waals surface area contributed by atoms with Crippen molar-refractivity contribution in [2.75, 3.05) is 13.7 Å². The van der Waals surface area contributed by atoms with E-state index in [-0.39, 0.29) is 6.04 Å². The summed E-state index contributed by atoms with van der Waals surface area (Å²) in [5.74, 6) is 1.03. The Morgan fingerprint density at radius 2 is 2.14 bits per heavy atom. The van der Waals surface area contributed by atoms with Gasteiger partial charge in [-0.05, 0) is 55.5 Å². The molecule has 2 atom stereocenters. The predicted octanol–water partition coefficient (Wildman–Crippen LogP) is 1.66. The number of ether oxygens (including phenoxy) is 1. The average Bonchev–Trinajstić information content (AvgIpc) is 2.83. The Kier molecular flexibility index (Phi) is 5.24. The van der Waals surface area contributed by atoms with Crippen molar-refractivity contribution in [3.63, 3.8) is 0 Å². The van der Waals surface area contributed by atoms with Crippen LogP contribution in [0.2, 0.25) is 0 Å². The molecule has 0 aromatic heterocycles. The molecule has 0 saturated heterocycles. The highest BCUT2D eigenvalue weighted by atomic mass is 32.2. The molecule has 118 valence electrons. The molecular weight excluding hydrogens is 288 g/mol. The van der Waals surface area contributed by atoms with Crippen LogP contribution in [0.1, 0.15) is 31.7 Å². The van der Waals surface area contributed by atoms with Gasteiger partial charge >= 0.3 is 0 Å². The number of rotatable bonds is 6. The van der Waals surface area contributed by atoms with E-state index in [4.69, 9.17) is 10.5 Å². The van der Waals surface area contributed by atoms with Crippen molar-refractivity contribution in [2.24, 2.45) is 11.7 Å². The first-order chi connectivity index (χ1) is 9.97. The van der Waals surface area contributed by atoms with Gasteiger partial charge in [-0.15, -0.1) is 0 Å². The van der Waals surface area contributed by atoms with E-state index in [1.54, 1.807) is 25.3 Å². The Morgan fingerprint density at radius 1 is 1.38 bits per heavy atom. The van der Waals surface area contributed by atoms with Crippen molar-refractivity contribution < 1.29 is 13.2 Å². The van der Waals surface area contributed by atoms with Gasteiger partial charge in [-0.25, -0.2) is 13.1 Å². The fourth-order valence-electron chi connectivity index (χ4n) is 2.88. The van der Waals surface area contributed by atoms with Gasteiger partial charge < -0.3 is 10.5 Å². The van der Waals surface area contributed by atoms with Crippen LogP contribution in [0.5, 0.6) is 5.75 Å². The highest BCUT2D eigenvalue weighted by molar-refractivity contribution is 7.89. The fraction of sp³-hybridized carbons (Fsp3) is 0.600. The summed E-state index contributed by atoms with van der Waals surface area (Å²) in [6.07, 6.45) is 3.56. The highest BCUT2D eigenvalue weighted by Crippen LogP contribution is 2.28. The summed E-state index contributed by atoms with van der Waals surface area (Å²) >= 11 is 0. The molecule has 0 bridgehead atoms. The van der Waals surface area contributed by atoms with Gasteiger partial charge in [0, 0.05) is 6.04 Å². The molecule has 0 radical (unpaired) electrons. The van der Waals surface area contributed by atoms with Crippen LogP contribution in [-0.4, -0.2) is 28.1 Å². The highest BCUT2D eigenvalue weighted by Gasteiger charge is 2.29. The molecule has 21 heavy (non-hydrogen) atoms. The summed E-state index contributed by atoms with van der Waals surface area (Å²) in [6, 6.07) is 5.06. The molecule has 0 heterocycles. The standard InChI is InChI=1S/C15H24N2O3S/c1-11-4-3-5-14(11)17-21(18,19)15-7-6-13(20-2)10-12(15)8-9-16/h6-7,10-11,14,17H,3-5,8-9,16H2,1-2H3. The number of hydrogen-bond acceptors (Lipinski definition) is 4. The second-order valence-electron chi connectivity index (χ2n) is 5.65. The molecule has 1 fully saturated rings. The first kappa shape index (κ1) is 16.3. The van der Waals surface area contributed by atoms with Crippen LogP contribution in [-0.2, 0) is 16.4 Å². The SMILES string of the molecule is COc1ccc(S(=O)(=O)NC2CCCC2C)c(CCN)c1. The Bertz CT molecular complexity index is 587. The van der Waals surface area contributed by atoms with Gasteiger partial charge in [0.25, 0.3) is 0 Å². The van der Waals surface area contributed by atoms with Crippen molar-refractivity contribution in [1.29, 1.82) is 0 Å². The Balaban J connectivity index is 2.30. The minimum atomic E-state index is -3.52. The molecule has 1 aromatic rings. The van der Waals surface area contributed by atoms with Crippen LogP contribution >= 0.6 is 0 Å². The van der Waals surface area contributed by atoms with Crippen LogP contribution in [0.4, 0.5) is 0 Å². The lowest BCUT2D eigenvalue weighted by Gasteiger charge is -2.19. The van der Waals surface area contributed by atoms with Gasteiger partial charge in [-0.3, -0.25) is 0 Å². The topological polar surface area (TPSA) is 81.4 Å². The lowest BCUT2D eigenvalue weighted by molar-refractivity contribution is 0.413. The summed E-state index contributed by atoms with van der Waals surface area (Å²) < 4.78 is 33.3. The van der Waals surface area contributed by atoms with E-state index in [2.05, 4.69) is 11.6 Å². The third-order valence-corrected chi connectivity index (χ3v) is 5.73. The number of sulfonamides is 1. The first-order valence-electron chi connectivity index (χ1n) is 7.37. The maximum absolute atomic E-state index is 12.6. The normalized spacial score (nSPS) is 22.4. The smallest absolute Gasteiger partial charge is 0.241 e. The molecule has 0 amide bonds. The largest absolute Gasteiger partial charge is 0.497 e. The molecule has 1 aliphatic carbocycles. The van der Waals surface area contributed by atoms with Gasteiger partial charge in [0.15, 0.2) is 0 Å². The molecule has 2 rings (SSSR count). The molecule has 3 N–H and O–H groups in total. The van der Waals surface area contributed by atoms with Gasteiger partial charge in [-0.2, -0.15) is 0 Å². The fourth-order valence-corrected chi connectivity index (χ4v) is 4.51. The van der Waals surface area contributed by atoms with Crippen molar-refractivity contribution in [3.05, 3.63) is 23.8 Å². The first-order valence-corrected chi connectivity index (χ1v) is 8.85. The molecule has 0 aliphatic heterocycles. The number of nitrogens with one attached hydrogen (secondary N) is 1. The quantitative estimate of drug-likeness (QED) is 0.837. The maximum Gasteiger partial charge on any atom is 0.241 e. The van der Waals surface area contributed by atoms with Crippen LogP contribution < -0.4 is 15.2 Å². The van der Waals surface area contributed by atoms with E-state index < -0.39 is 10.0 Å². The van der Waals surface area contributed by atoms with Gasteiger partial charge in [0.05, 0.1) is 12.0 Å². The zero-order valence-electron chi connectivity index (χ0n) is 12.6. The van der Waals surface area contributed by atoms with Crippen LogP contribution in [0, 0.1) is 5.92 Å². The van der Waals surface area contributed by atoms with Gasteiger partial charge in [0.2, 0.25) is 10.0 Å². The zero-order chi connectivity index (χ0) is 15.5. The Hall–Kier alpha value is -1.11. The number of methoxy groups -OCH3 is 1. The Labute approximate surface area is 126 Å². The molecule has 1 aliphatic rings. The van der Waals surface area contributed by atoms with Crippen LogP contribution in [0.3, 0.4) is 0 Å². The molecule has 2 unspecified atom stereocenters. The van der Waals surface area contributed by atoms with Crippen molar-refractivity contribution >= 4 is 10.0 Å². The number of hydrogen-bond donors (Lipinski definition) is 2. The molecule has 6 heteroatoms. The summed E-state index contributed by atoms with van der Waals surface area (Å²) in [4.78, 5) is 0.313. The molecule has 1 saturated carbocycles. The van der Waals surface area contributed by atoms with E-state index in [9.17, 15) is 8.42 Å². The number of benzene rings is 1. The van der Waals surface area contributed by atoms with Gasteiger partial charge in [0.1, 0.15) is 5.75 Å².